The van der Waals surface area contributed by atoms with E-state index in [4.69, 9.17) is 9.47 Å². The Balaban J connectivity index is 0.00000256. The van der Waals surface area contributed by atoms with Crippen molar-refractivity contribution < 1.29 is 9.47 Å². The van der Waals surface area contributed by atoms with Crippen LogP contribution >= 0.6 is 24.0 Å². The van der Waals surface area contributed by atoms with Crippen LogP contribution in [0.25, 0.3) is 5.69 Å². The topological polar surface area (TPSA) is 72.7 Å². The number of hydrogen-bond acceptors (Lipinski definition) is 4. The fraction of sp³-hybridized carbons (Fsp3) is 0.273. The van der Waals surface area contributed by atoms with Gasteiger partial charge < -0.3 is 20.1 Å². The lowest BCUT2D eigenvalue weighted by molar-refractivity contribution is 0.173. The van der Waals surface area contributed by atoms with E-state index in [0.717, 1.165) is 39.7 Å². The molecular weight excluding hydrogens is 493 g/mol. The van der Waals surface area contributed by atoms with Crippen LogP contribution in [0.1, 0.15) is 22.5 Å². The Bertz CT molecular complexity index is 1050. The van der Waals surface area contributed by atoms with Crippen LogP contribution in [0.3, 0.4) is 0 Å². The summed E-state index contributed by atoms with van der Waals surface area (Å²) in [6.07, 6.45) is 0. The van der Waals surface area contributed by atoms with Crippen molar-refractivity contribution in [2.75, 3.05) is 13.8 Å². The lowest BCUT2D eigenvalue weighted by Crippen LogP contribution is -2.36. The zero-order valence-electron chi connectivity index (χ0n) is 17.3. The monoisotopic (exact) mass is 519 g/mol. The third-order valence-electron chi connectivity index (χ3n) is 4.82. The zero-order valence-corrected chi connectivity index (χ0v) is 19.6. The van der Waals surface area contributed by atoms with E-state index < -0.39 is 0 Å². The van der Waals surface area contributed by atoms with Gasteiger partial charge in [-0.3, -0.25) is 4.99 Å². The molecule has 4 rings (SSSR count). The minimum Gasteiger partial charge on any atom is -0.454 e. The summed E-state index contributed by atoms with van der Waals surface area (Å²) in [6.45, 7) is 5.55. The quantitative estimate of drug-likeness (QED) is 0.306. The van der Waals surface area contributed by atoms with E-state index in [1.165, 1.54) is 0 Å². The molecule has 0 unspecified atom stereocenters. The molecule has 0 fully saturated rings. The first-order valence-corrected chi connectivity index (χ1v) is 9.59. The number of ether oxygens (including phenoxy) is 2. The second kappa shape index (κ2) is 9.84. The van der Waals surface area contributed by atoms with Gasteiger partial charge in [0.25, 0.3) is 0 Å². The molecule has 2 heterocycles. The molecule has 2 N–H and O–H groups in total. The first kappa shape index (κ1) is 21.9. The van der Waals surface area contributed by atoms with Gasteiger partial charge >= 0.3 is 0 Å². The van der Waals surface area contributed by atoms with Gasteiger partial charge in [0, 0.05) is 31.4 Å². The first-order valence-electron chi connectivity index (χ1n) is 9.59. The predicted molar refractivity (Wildman–Crippen MR) is 128 cm³/mol. The number of nitrogens with one attached hydrogen (secondary N) is 2. The van der Waals surface area contributed by atoms with E-state index in [2.05, 4.69) is 45.8 Å². The molecule has 0 aliphatic carbocycles. The van der Waals surface area contributed by atoms with Gasteiger partial charge in [0.2, 0.25) is 6.79 Å². The average molecular weight is 519 g/mol. The number of hydrogen-bond donors (Lipinski definition) is 2. The highest BCUT2D eigenvalue weighted by Gasteiger charge is 2.17. The van der Waals surface area contributed by atoms with Gasteiger partial charge in [0.05, 0.1) is 11.4 Å². The highest BCUT2D eigenvalue weighted by molar-refractivity contribution is 14.0. The van der Waals surface area contributed by atoms with Crippen molar-refractivity contribution in [3.05, 3.63) is 71.0 Å². The fourth-order valence-electron chi connectivity index (χ4n) is 3.45. The van der Waals surface area contributed by atoms with E-state index in [0.29, 0.717) is 19.0 Å². The second-order valence-corrected chi connectivity index (χ2v) is 6.90. The number of guanidine groups is 1. The molecule has 0 atom stereocenters. The maximum atomic E-state index is 5.57. The van der Waals surface area contributed by atoms with Gasteiger partial charge in [-0.05, 0) is 37.6 Å². The molecule has 0 amide bonds. The number of fused-ring (bicyclic) bond motifs is 1. The molecule has 7 nitrogen and oxygen atoms in total. The van der Waals surface area contributed by atoms with Gasteiger partial charge in [-0.25, -0.2) is 4.68 Å². The molecule has 0 saturated heterocycles. The van der Waals surface area contributed by atoms with Crippen molar-refractivity contribution in [3.63, 3.8) is 0 Å². The Morgan fingerprint density at radius 2 is 1.77 bits per heavy atom. The third kappa shape index (κ3) is 4.69. The molecule has 0 bridgehead atoms. The van der Waals surface area contributed by atoms with Crippen LogP contribution in [0.5, 0.6) is 11.5 Å². The smallest absolute Gasteiger partial charge is 0.231 e. The maximum Gasteiger partial charge on any atom is 0.231 e. The largest absolute Gasteiger partial charge is 0.454 e. The average Bonchev–Trinajstić information content (AvgIpc) is 3.34. The number of nitrogens with zero attached hydrogens (tertiary/aromatic N) is 3. The molecule has 1 aliphatic heterocycles. The Morgan fingerprint density at radius 1 is 1.03 bits per heavy atom. The van der Waals surface area contributed by atoms with Crippen LogP contribution in [-0.2, 0) is 13.1 Å². The van der Waals surface area contributed by atoms with Crippen molar-refractivity contribution in [1.82, 2.24) is 20.4 Å². The SMILES string of the molecule is CN=C(NCc1ccccc1-n1nc(C)cc1C)NCc1cccc2c1OCO2.I. The molecule has 0 saturated carbocycles. The molecule has 30 heavy (non-hydrogen) atoms. The molecule has 3 aromatic rings. The summed E-state index contributed by atoms with van der Waals surface area (Å²) in [6, 6.07) is 16.2. The maximum absolute atomic E-state index is 5.57. The van der Waals surface area contributed by atoms with Crippen molar-refractivity contribution in [1.29, 1.82) is 0 Å². The lowest BCUT2D eigenvalue weighted by Gasteiger charge is -2.15. The van der Waals surface area contributed by atoms with Crippen molar-refractivity contribution >= 4 is 29.9 Å². The van der Waals surface area contributed by atoms with Crippen molar-refractivity contribution in [3.8, 4) is 17.2 Å². The normalized spacial score (nSPS) is 12.4. The fourth-order valence-corrected chi connectivity index (χ4v) is 3.45. The van der Waals surface area contributed by atoms with Crippen LogP contribution in [0.4, 0.5) is 0 Å². The van der Waals surface area contributed by atoms with E-state index >= 15 is 0 Å². The van der Waals surface area contributed by atoms with Crippen molar-refractivity contribution in [2.24, 2.45) is 4.99 Å². The molecule has 8 heteroatoms. The summed E-state index contributed by atoms with van der Waals surface area (Å²) in [4.78, 5) is 4.34. The van der Waals surface area contributed by atoms with E-state index in [-0.39, 0.29) is 30.8 Å². The minimum absolute atomic E-state index is 0. The third-order valence-corrected chi connectivity index (χ3v) is 4.82. The molecule has 158 valence electrons. The minimum atomic E-state index is 0. The highest BCUT2D eigenvalue weighted by Crippen LogP contribution is 2.35. The molecule has 2 aromatic carbocycles. The highest BCUT2D eigenvalue weighted by atomic mass is 127. The summed E-state index contributed by atoms with van der Waals surface area (Å²) < 4.78 is 13.0. The van der Waals surface area contributed by atoms with Gasteiger partial charge in [0.15, 0.2) is 17.5 Å². The van der Waals surface area contributed by atoms with E-state index in [1.54, 1.807) is 7.05 Å². The number of aromatic nitrogens is 2. The number of benzene rings is 2. The number of para-hydroxylation sites is 2. The Hall–Kier alpha value is -2.75. The number of rotatable bonds is 5. The van der Waals surface area contributed by atoms with E-state index in [1.807, 2.05) is 41.9 Å². The molecule has 1 aromatic heterocycles. The summed E-state index contributed by atoms with van der Waals surface area (Å²) in [7, 11) is 1.76. The summed E-state index contributed by atoms with van der Waals surface area (Å²) in [5, 5.41) is 11.3. The Kier molecular flexibility index (Phi) is 7.20. The first-order chi connectivity index (χ1) is 14.2. The molecular formula is C22H26IN5O2. The van der Waals surface area contributed by atoms with Gasteiger partial charge in [-0.1, -0.05) is 30.3 Å². The van der Waals surface area contributed by atoms with Gasteiger partial charge in [-0.2, -0.15) is 5.10 Å². The molecule has 1 aliphatic rings. The zero-order chi connectivity index (χ0) is 20.2. The molecule has 0 spiro atoms. The Morgan fingerprint density at radius 3 is 2.50 bits per heavy atom. The lowest BCUT2D eigenvalue weighted by atomic mass is 10.1. The summed E-state index contributed by atoms with van der Waals surface area (Å²) in [5.41, 5.74) is 5.35. The molecule has 0 radical (unpaired) electrons. The standard InChI is InChI=1S/C22H25N5O2.HI/c1-15-11-16(2)27(26-15)19-9-5-4-7-17(19)12-24-22(23-3)25-13-18-8-6-10-20-21(18)29-14-28-20;/h4-11H,12-14H2,1-3H3,(H2,23,24,25);1H. The van der Waals surface area contributed by atoms with Crippen molar-refractivity contribution in [2.45, 2.75) is 26.9 Å². The van der Waals surface area contributed by atoms with Crippen LogP contribution < -0.4 is 20.1 Å². The van der Waals surface area contributed by atoms with Crippen LogP contribution in [0, 0.1) is 13.8 Å². The summed E-state index contributed by atoms with van der Waals surface area (Å²) in [5.74, 6) is 2.29. The van der Waals surface area contributed by atoms with Gasteiger partial charge in [0.1, 0.15) is 0 Å². The number of aliphatic imine (C=N–C) groups is 1. The number of aryl methyl sites for hydroxylation is 2. The Labute approximate surface area is 193 Å². The van der Waals surface area contributed by atoms with Gasteiger partial charge in [-0.15, -0.1) is 24.0 Å². The second-order valence-electron chi connectivity index (χ2n) is 6.90. The predicted octanol–water partition coefficient (Wildman–Crippen LogP) is 3.70. The van der Waals surface area contributed by atoms with Crippen LogP contribution in [0.2, 0.25) is 0 Å². The summed E-state index contributed by atoms with van der Waals surface area (Å²) >= 11 is 0. The van der Waals surface area contributed by atoms with Crippen LogP contribution in [0.15, 0.2) is 53.5 Å². The van der Waals surface area contributed by atoms with E-state index in [9.17, 15) is 0 Å². The number of halogens is 1. The van der Waals surface area contributed by atoms with Crippen LogP contribution in [-0.4, -0.2) is 29.6 Å².